The van der Waals surface area contributed by atoms with Gasteiger partial charge in [-0.25, -0.2) is 0 Å². The van der Waals surface area contributed by atoms with Gasteiger partial charge in [0.1, 0.15) is 11.5 Å². The first-order chi connectivity index (χ1) is 11.0. The van der Waals surface area contributed by atoms with Crippen molar-refractivity contribution in [2.45, 2.75) is 13.3 Å². The molecule has 0 atom stereocenters. The first-order valence-electron chi connectivity index (χ1n) is 7.15. The normalized spacial score (nSPS) is 10.0. The molecule has 0 radical (unpaired) electrons. The maximum absolute atomic E-state index is 12.2. The number of ether oxygens (including phenoxy) is 2. The van der Waals surface area contributed by atoms with Gasteiger partial charge in [0.2, 0.25) is 5.91 Å². The molecule has 0 fully saturated rings. The van der Waals surface area contributed by atoms with E-state index in [9.17, 15) is 9.59 Å². The van der Waals surface area contributed by atoms with Crippen molar-refractivity contribution in [2.24, 2.45) is 0 Å². The number of nitrogens with one attached hydrogen (secondary N) is 1. The Hall–Kier alpha value is -2.82. The first-order valence-corrected chi connectivity index (χ1v) is 7.15. The Morgan fingerprint density at radius 1 is 1.00 bits per heavy atom. The van der Waals surface area contributed by atoms with Crippen LogP contribution in [0.2, 0.25) is 0 Å². The number of amides is 1. The summed E-state index contributed by atoms with van der Waals surface area (Å²) in [5.41, 5.74) is 1.99. The maximum Gasteiger partial charge on any atom is 0.228 e. The molecule has 0 bridgehead atoms. The third kappa shape index (κ3) is 4.32. The van der Waals surface area contributed by atoms with Crippen LogP contribution in [0.25, 0.3) is 0 Å². The Morgan fingerprint density at radius 3 is 2.26 bits per heavy atom. The number of anilines is 1. The Morgan fingerprint density at radius 2 is 1.70 bits per heavy atom. The lowest BCUT2D eigenvalue weighted by Crippen LogP contribution is -2.15. The molecular formula is C18H19NO4. The second-order valence-corrected chi connectivity index (χ2v) is 5.04. The van der Waals surface area contributed by atoms with E-state index in [-0.39, 0.29) is 18.1 Å². The third-order valence-corrected chi connectivity index (χ3v) is 3.41. The summed E-state index contributed by atoms with van der Waals surface area (Å²) in [6.45, 7) is 1.50. The van der Waals surface area contributed by atoms with Crippen LogP contribution in [0, 0.1) is 0 Å². The molecule has 23 heavy (non-hydrogen) atoms. The SMILES string of the molecule is COc1ccc(OC)c(CC(=O)Nc2ccc(C(C)=O)cc2)c1. The number of carbonyl (C=O) groups excluding carboxylic acids is 2. The molecule has 0 aliphatic heterocycles. The Kier molecular flexibility index (Phi) is 5.36. The minimum absolute atomic E-state index is 0.0102. The number of rotatable bonds is 6. The van der Waals surface area contributed by atoms with Crippen LogP contribution < -0.4 is 14.8 Å². The fourth-order valence-electron chi connectivity index (χ4n) is 2.19. The Balaban J connectivity index is 2.08. The van der Waals surface area contributed by atoms with Crippen LogP contribution in [0.4, 0.5) is 5.69 Å². The molecule has 0 unspecified atom stereocenters. The Labute approximate surface area is 135 Å². The second kappa shape index (κ2) is 7.45. The molecule has 5 heteroatoms. The summed E-state index contributed by atoms with van der Waals surface area (Å²) in [6.07, 6.45) is 0.162. The quantitative estimate of drug-likeness (QED) is 0.832. The molecule has 2 aromatic carbocycles. The van der Waals surface area contributed by atoms with Gasteiger partial charge in [-0.3, -0.25) is 9.59 Å². The van der Waals surface area contributed by atoms with Gasteiger partial charge in [0, 0.05) is 16.8 Å². The minimum atomic E-state index is -0.174. The van der Waals surface area contributed by atoms with Crippen LogP contribution in [0.3, 0.4) is 0 Å². The topological polar surface area (TPSA) is 64.6 Å². The van der Waals surface area contributed by atoms with Crippen LogP contribution >= 0.6 is 0 Å². The van der Waals surface area contributed by atoms with Crippen molar-refractivity contribution in [3.05, 3.63) is 53.6 Å². The predicted octanol–water partition coefficient (Wildman–Crippen LogP) is 3.09. The highest BCUT2D eigenvalue weighted by Crippen LogP contribution is 2.24. The molecule has 1 N–H and O–H groups in total. The van der Waals surface area contributed by atoms with E-state index >= 15 is 0 Å². The van der Waals surface area contributed by atoms with Crippen molar-refractivity contribution in [3.63, 3.8) is 0 Å². The number of hydrogen-bond acceptors (Lipinski definition) is 4. The van der Waals surface area contributed by atoms with Crippen molar-refractivity contribution in [3.8, 4) is 11.5 Å². The van der Waals surface area contributed by atoms with Crippen LogP contribution in [0.5, 0.6) is 11.5 Å². The van der Waals surface area contributed by atoms with E-state index in [1.54, 1.807) is 56.7 Å². The molecule has 5 nitrogen and oxygen atoms in total. The van der Waals surface area contributed by atoms with Crippen LogP contribution in [-0.2, 0) is 11.2 Å². The maximum atomic E-state index is 12.2. The van der Waals surface area contributed by atoms with Gasteiger partial charge in [0.15, 0.2) is 5.78 Å². The molecule has 0 aromatic heterocycles. The fraction of sp³-hybridized carbons (Fsp3) is 0.222. The molecule has 0 aliphatic rings. The summed E-state index contributed by atoms with van der Waals surface area (Å²) in [5, 5.41) is 2.80. The minimum Gasteiger partial charge on any atom is -0.497 e. The smallest absolute Gasteiger partial charge is 0.228 e. The summed E-state index contributed by atoms with van der Waals surface area (Å²) < 4.78 is 10.4. The van der Waals surface area contributed by atoms with E-state index < -0.39 is 0 Å². The van der Waals surface area contributed by atoms with Gasteiger partial charge in [-0.05, 0) is 49.4 Å². The highest BCUT2D eigenvalue weighted by molar-refractivity contribution is 5.96. The largest absolute Gasteiger partial charge is 0.497 e. The molecule has 2 rings (SSSR count). The van der Waals surface area contributed by atoms with E-state index in [2.05, 4.69) is 5.32 Å². The summed E-state index contributed by atoms with van der Waals surface area (Å²) in [6, 6.07) is 12.1. The zero-order chi connectivity index (χ0) is 16.8. The lowest BCUT2D eigenvalue weighted by Gasteiger charge is -2.11. The third-order valence-electron chi connectivity index (χ3n) is 3.41. The van der Waals surface area contributed by atoms with Crippen molar-refractivity contribution >= 4 is 17.4 Å². The second-order valence-electron chi connectivity index (χ2n) is 5.04. The predicted molar refractivity (Wildman–Crippen MR) is 88.3 cm³/mol. The summed E-state index contributed by atoms with van der Waals surface area (Å²) in [5.74, 6) is 1.11. The Bertz CT molecular complexity index is 707. The fourth-order valence-corrected chi connectivity index (χ4v) is 2.19. The highest BCUT2D eigenvalue weighted by atomic mass is 16.5. The summed E-state index contributed by atoms with van der Waals surface area (Å²) in [7, 11) is 3.13. The van der Waals surface area contributed by atoms with Gasteiger partial charge >= 0.3 is 0 Å². The number of benzene rings is 2. The molecule has 120 valence electrons. The zero-order valence-corrected chi connectivity index (χ0v) is 13.4. The van der Waals surface area contributed by atoms with E-state index in [0.29, 0.717) is 22.7 Å². The number of methoxy groups -OCH3 is 2. The van der Waals surface area contributed by atoms with Gasteiger partial charge in [0.05, 0.1) is 20.6 Å². The van der Waals surface area contributed by atoms with Crippen molar-refractivity contribution in [1.82, 2.24) is 0 Å². The van der Waals surface area contributed by atoms with Gasteiger partial charge in [0.25, 0.3) is 0 Å². The number of ketones is 1. The molecule has 1 amide bonds. The lowest BCUT2D eigenvalue weighted by molar-refractivity contribution is -0.115. The van der Waals surface area contributed by atoms with Gasteiger partial charge < -0.3 is 14.8 Å². The monoisotopic (exact) mass is 313 g/mol. The van der Waals surface area contributed by atoms with E-state index in [1.807, 2.05) is 0 Å². The van der Waals surface area contributed by atoms with E-state index in [0.717, 1.165) is 5.56 Å². The molecule has 2 aromatic rings. The molecule has 0 spiro atoms. The van der Waals surface area contributed by atoms with E-state index in [4.69, 9.17) is 9.47 Å². The van der Waals surface area contributed by atoms with Gasteiger partial charge in [-0.15, -0.1) is 0 Å². The molecular weight excluding hydrogens is 294 g/mol. The van der Waals surface area contributed by atoms with Crippen LogP contribution in [0.15, 0.2) is 42.5 Å². The standard InChI is InChI=1S/C18H19NO4/c1-12(20)13-4-6-15(7-5-13)19-18(21)11-14-10-16(22-2)8-9-17(14)23-3/h4-10H,11H2,1-3H3,(H,19,21). The van der Waals surface area contributed by atoms with Crippen molar-refractivity contribution < 1.29 is 19.1 Å². The number of Topliss-reactive ketones (excluding diaryl/α,β-unsaturated/α-hetero) is 1. The molecule has 0 aliphatic carbocycles. The van der Waals surface area contributed by atoms with Crippen molar-refractivity contribution in [1.29, 1.82) is 0 Å². The van der Waals surface area contributed by atoms with Gasteiger partial charge in [-0.2, -0.15) is 0 Å². The van der Waals surface area contributed by atoms with E-state index in [1.165, 1.54) is 6.92 Å². The summed E-state index contributed by atoms with van der Waals surface area (Å²) >= 11 is 0. The number of hydrogen-bond donors (Lipinski definition) is 1. The number of carbonyl (C=O) groups is 2. The summed E-state index contributed by atoms with van der Waals surface area (Å²) in [4.78, 5) is 23.4. The molecule has 0 saturated heterocycles. The van der Waals surface area contributed by atoms with Crippen molar-refractivity contribution in [2.75, 3.05) is 19.5 Å². The highest BCUT2D eigenvalue weighted by Gasteiger charge is 2.11. The molecule has 0 saturated carbocycles. The zero-order valence-electron chi connectivity index (χ0n) is 13.4. The average molecular weight is 313 g/mol. The van der Waals surface area contributed by atoms with Gasteiger partial charge in [-0.1, -0.05) is 0 Å². The average Bonchev–Trinajstić information content (AvgIpc) is 2.55. The van der Waals surface area contributed by atoms with Crippen LogP contribution in [0.1, 0.15) is 22.8 Å². The van der Waals surface area contributed by atoms with Crippen LogP contribution in [-0.4, -0.2) is 25.9 Å². The lowest BCUT2D eigenvalue weighted by atomic mass is 10.1. The first kappa shape index (κ1) is 16.5. The molecule has 0 heterocycles.